The van der Waals surface area contributed by atoms with Crippen molar-refractivity contribution in [3.05, 3.63) is 53.5 Å². The molecule has 1 unspecified atom stereocenters. The van der Waals surface area contributed by atoms with E-state index in [0.717, 1.165) is 36.5 Å². The molecule has 3 heteroatoms. The molecule has 0 aliphatic heterocycles. The second kappa shape index (κ2) is 7.15. The summed E-state index contributed by atoms with van der Waals surface area (Å²) in [6, 6.07) is 12.6. The van der Waals surface area contributed by atoms with E-state index in [0.29, 0.717) is 0 Å². The van der Waals surface area contributed by atoms with Gasteiger partial charge in [-0.2, -0.15) is 0 Å². The molecule has 0 amide bonds. The highest BCUT2D eigenvalue weighted by Crippen LogP contribution is 2.22. The van der Waals surface area contributed by atoms with E-state index in [9.17, 15) is 0 Å². The third kappa shape index (κ3) is 3.64. The first-order chi connectivity index (χ1) is 9.76. The van der Waals surface area contributed by atoms with Crippen molar-refractivity contribution in [2.75, 3.05) is 14.2 Å². The van der Waals surface area contributed by atoms with Gasteiger partial charge in [-0.15, -0.1) is 0 Å². The molecule has 0 bridgehead atoms. The van der Waals surface area contributed by atoms with Gasteiger partial charge in [-0.25, -0.2) is 0 Å². The van der Waals surface area contributed by atoms with Crippen molar-refractivity contribution < 1.29 is 9.15 Å². The summed E-state index contributed by atoms with van der Waals surface area (Å²) in [7, 11) is 3.67. The monoisotopic (exact) mass is 273 g/mol. The van der Waals surface area contributed by atoms with Gasteiger partial charge in [-0.05, 0) is 49.7 Å². The van der Waals surface area contributed by atoms with E-state index in [2.05, 4.69) is 36.5 Å². The molecule has 0 saturated carbocycles. The van der Waals surface area contributed by atoms with Crippen LogP contribution in [0.5, 0.6) is 5.75 Å². The van der Waals surface area contributed by atoms with Crippen LogP contribution in [0.25, 0.3) is 0 Å². The normalized spacial score (nSPS) is 12.3. The molecule has 108 valence electrons. The van der Waals surface area contributed by atoms with Crippen LogP contribution in [0.4, 0.5) is 0 Å². The molecule has 0 spiro atoms. The highest BCUT2D eigenvalue weighted by Gasteiger charge is 2.13. The predicted octanol–water partition coefficient (Wildman–Crippen LogP) is 3.74. The van der Waals surface area contributed by atoms with Crippen molar-refractivity contribution in [1.29, 1.82) is 0 Å². The minimum absolute atomic E-state index is 0.261. The Balaban J connectivity index is 1.95. The minimum Gasteiger partial charge on any atom is -0.497 e. The van der Waals surface area contributed by atoms with Crippen LogP contribution in [0.3, 0.4) is 0 Å². The molecule has 0 saturated heterocycles. The summed E-state index contributed by atoms with van der Waals surface area (Å²) in [4.78, 5) is 0. The molecule has 20 heavy (non-hydrogen) atoms. The van der Waals surface area contributed by atoms with Crippen LogP contribution in [0.2, 0.25) is 0 Å². The van der Waals surface area contributed by atoms with E-state index in [1.165, 1.54) is 5.56 Å². The Hall–Kier alpha value is -1.74. The smallest absolute Gasteiger partial charge is 0.121 e. The molecule has 3 nitrogen and oxygen atoms in total. The van der Waals surface area contributed by atoms with Gasteiger partial charge in [0.15, 0.2) is 0 Å². The lowest BCUT2D eigenvalue weighted by atomic mass is 10.0. The molecule has 2 rings (SSSR count). The fraction of sp³-hybridized carbons (Fsp3) is 0.412. The number of nitrogens with one attached hydrogen (secondary N) is 1. The number of methoxy groups -OCH3 is 1. The Kier molecular flexibility index (Phi) is 5.24. The molecule has 0 aliphatic rings. The van der Waals surface area contributed by atoms with Gasteiger partial charge in [-0.3, -0.25) is 0 Å². The standard InChI is InChI=1S/C17H23NO2/c1-4-14-10-12-17(20-14)16(18-2)11-7-13-5-8-15(19-3)9-6-13/h5-6,8-10,12,16,18H,4,7,11H2,1-3H3. The van der Waals surface area contributed by atoms with Crippen LogP contribution in [-0.2, 0) is 12.8 Å². The van der Waals surface area contributed by atoms with Crippen molar-refractivity contribution in [1.82, 2.24) is 5.32 Å². The SMILES string of the molecule is CCc1ccc(C(CCc2ccc(OC)cc2)NC)o1. The second-order valence-electron chi connectivity index (χ2n) is 4.89. The van der Waals surface area contributed by atoms with Crippen LogP contribution in [0, 0.1) is 0 Å². The highest BCUT2D eigenvalue weighted by atomic mass is 16.5. The zero-order valence-corrected chi connectivity index (χ0v) is 12.5. The Labute approximate surface area is 121 Å². The summed E-state index contributed by atoms with van der Waals surface area (Å²) in [6.07, 6.45) is 2.96. The predicted molar refractivity (Wildman–Crippen MR) is 81.2 cm³/mol. The molecule has 1 aromatic heterocycles. The molecule has 1 aromatic carbocycles. The first-order valence-corrected chi connectivity index (χ1v) is 7.15. The number of hydrogen-bond acceptors (Lipinski definition) is 3. The lowest BCUT2D eigenvalue weighted by Crippen LogP contribution is -2.16. The van der Waals surface area contributed by atoms with Gasteiger partial charge >= 0.3 is 0 Å². The molecule has 0 fully saturated rings. The lowest BCUT2D eigenvalue weighted by molar-refractivity contribution is 0.395. The maximum absolute atomic E-state index is 5.83. The summed E-state index contributed by atoms with van der Waals surface area (Å²) < 4.78 is 11.0. The Morgan fingerprint density at radius 3 is 2.45 bits per heavy atom. The zero-order chi connectivity index (χ0) is 14.4. The summed E-state index contributed by atoms with van der Waals surface area (Å²) in [6.45, 7) is 2.11. The minimum atomic E-state index is 0.261. The van der Waals surface area contributed by atoms with E-state index in [1.54, 1.807) is 7.11 Å². The van der Waals surface area contributed by atoms with Crippen molar-refractivity contribution in [2.45, 2.75) is 32.2 Å². The van der Waals surface area contributed by atoms with Crippen LogP contribution >= 0.6 is 0 Å². The summed E-state index contributed by atoms with van der Waals surface area (Å²) in [5.41, 5.74) is 1.31. The van der Waals surface area contributed by atoms with Gasteiger partial charge in [0.1, 0.15) is 17.3 Å². The van der Waals surface area contributed by atoms with Crippen molar-refractivity contribution in [3.8, 4) is 5.75 Å². The van der Waals surface area contributed by atoms with E-state index in [4.69, 9.17) is 9.15 Å². The summed E-state index contributed by atoms with van der Waals surface area (Å²) >= 11 is 0. The Morgan fingerprint density at radius 2 is 1.90 bits per heavy atom. The van der Waals surface area contributed by atoms with E-state index >= 15 is 0 Å². The number of benzene rings is 1. The molecule has 1 heterocycles. The molecule has 1 atom stereocenters. The largest absolute Gasteiger partial charge is 0.497 e. The number of rotatable bonds is 7. The van der Waals surface area contributed by atoms with Crippen LogP contribution in [0.15, 0.2) is 40.8 Å². The van der Waals surface area contributed by atoms with Gasteiger partial charge in [0.25, 0.3) is 0 Å². The van der Waals surface area contributed by atoms with Gasteiger partial charge in [0.05, 0.1) is 13.2 Å². The van der Waals surface area contributed by atoms with Gasteiger partial charge in [-0.1, -0.05) is 19.1 Å². The Morgan fingerprint density at radius 1 is 1.15 bits per heavy atom. The molecule has 1 N–H and O–H groups in total. The van der Waals surface area contributed by atoms with Gasteiger partial charge < -0.3 is 14.5 Å². The van der Waals surface area contributed by atoms with Gasteiger partial charge in [0.2, 0.25) is 0 Å². The molecule has 2 aromatic rings. The maximum Gasteiger partial charge on any atom is 0.121 e. The Bertz CT molecular complexity index is 516. The quantitative estimate of drug-likeness (QED) is 0.834. The first kappa shape index (κ1) is 14.7. The van der Waals surface area contributed by atoms with Crippen molar-refractivity contribution in [2.24, 2.45) is 0 Å². The maximum atomic E-state index is 5.83. The number of hydrogen-bond donors (Lipinski definition) is 1. The molecule has 0 radical (unpaired) electrons. The zero-order valence-electron chi connectivity index (χ0n) is 12.5. The molecule has 0 aliphatic carbocycles. The lowest BCUT2D eigenvalue weighted by Gasteiger charge is -2.13. The van der Waals surface area contributed by atoms with Gasteiger partial charge in [0, 0.05) is 6.42 Å². The highest BCUT2D eigenvalue weighted by molar-refractivity contribution is 5.27. The summed E-state index contributed by atoms with van der Waals surface area (Å²) in [5, 5.41) is 3.33. The molecular formula is C17H23NO2. The number of aryl methyl sites for hydroxylation is 2. The fourth-order valence-corrected chi connectivity index (χ4v) is 2.30. The van der Waals surface area contributed by atoms with Crippen LogP contribution < -0.4 is 10.1 Å². The van der Waals surface area contributed by atoms with Crippen LogP contribution in [0.1, 0.15) is 36.5 Å². The second-order valence-corrected chi connectivity index (χ2v) is 4.89. The van der Waals surface area contributed by atoms with Crippen molar-refractivity contribution >= 4 is 0 Å². The average molecular weight is 273 g/mol. The number of ether oxygens (including phenoxy) is 1. The fourth-order valence-electron chi connectivity index (χ4n) is 2.30. The third-order valence-electron chi connectivity index (χ3n) is 3.60. The average Bonchev–Trinajstić information content (AvgIpc) is 2.97. The van der Waals surface area contributed by atoms with E-state index in [1.807, 2.05) is 19.2 Å². The number of furan rings is 1. The summed E-state index contributed by atoms with van der Waals surface area (Å²) in [5.74, 6) is 2.97. The van der Waals surface area contributed by atoms with Crippen molar-refractivity contribution in [3.63, 3.8) is 0 Å². The van der Waals surface area contributed by atoms with E-state index < -0.39 is 0 Å². The first-order valence-electron chi connectivity index (χ1n) is 7.15. The topological polar surface area (TPSA) is 34.4 Å². The molecular weight excluding hydrogens is 250 g/mol. The van der Waals surface area contributed by atoms with Crippen LogP contribution in [-0.4, -0.2) is 14.2 Å². The van der Waals surface area contributed by atoms with E-state index in [-0.39, 0.29) is 6.04 Å². The third-order valence-corrected chi connectivity index (χ3v) is 3.60.